The third-order valence-corrected chi connectivity index (χ3v) is 7.45. The van der Waals surface area contributed by atoms with Gasteiger partial charge in [-0.2, -0.15) is 0 Å². The fourth-order valence-electron chi connectivity index (χ4n) is 5.28. The van der Waals surface area contributed by atoms with Crippen LogP contribution in [0.3, 0.4) is 0 Å². The molecule has 0 unspecified atom stereocenters. The zero-order valence-corrected chi connectivity index (χ0v) is 22.4. The van der Waals surface area contributed by atoms with Gasteiger partial charge in [-0.3, -0.25) is 4.98 Å². The molecule has 0 amide bonds. The number of benzene rings is 5. The van der Waals surface area contributed by atoms with Crippen LogP contribution in [0.4, 0.5) is 0 Å². The number of rotatable bonds is 4. The smallest absolute Gasteiger partial charge is 0.178 e. The predicted octanol–water partition coefficient (Wildman–Crippen LogP) is 8.18. The Labute approximate surface area is 241 Å². The van der Waals surface area contributed by atoms with Gasteiger partial charge in [0.25, 0.3) is 0 Å². The second kappa shape index (κ2) is 9.94. The largest absolute Gasteiger partial charge is 0.252 e. The number of pyridine rings is 1. The lowest BCUT2D eigenvalue weighted by atomic mass is 10.1. The lowest BCUT2D eigenvalue weighted by molar-refractivity contribution is 1.06. The quantitative estimate of drug-likeness (QED) is 0.225. The lowest BCUT2D eigenvalue weighted by Gasteiger charge is -2.10. The van der Waals surface area contributed by atoms with Crippen LogP contribution in [0.5, 0.6) is 0 Å². The van der Waals surface area contributed by atoms with Crippen LogP contribution in [-0.4, -0.2) is 29.9 Å². The van der Waals surface area contributed by atoms with Crippen molar-refractivity contribution in [1.82, 2.24) is 29.9 Å². The van der Waals surface area contributed by atoms with Crippen molar-refractivity contribution in [2.75, 3.05) is 0 Å². The average molecular weight is 539 g/mol. The van der Waals surface area contributed by atoms with Crippen molar-refractivity contribution < 1.29 is 0 Å². The molecular weight excluding hydrogens is 516 g/mol. The van der Waals surface area contributed by atoms with E-state index >= 15 is 0 Å². The maximum atomic E-state index is 4.94. The van der Waals surface area contributed by atoms with Gasteiger partial charge in [-0.1, -0.05) is 97.1 Å². The first-order chi connectivity index (χ1) is 20.8. The van der Waals surface area contributed by atoms with Gasteiger partial charge in [-0.15, -0.1) is 0 Å². The van der Waals surface area contributed by atoms with Crippen LogP contribution in [0.15, 0.2) is 134 Å². The lowest BCUT2D eigenvalue weighted by Crippen LogP contribution is -2.01. The van der Waals surface area contributed by atoms with Gasteiger partial charge in [0.05, 0.1) is 5.56 Å². The first kappa shape index (κ1) is 24.0. The summed E-state index contributed by atoms with van der Waals surface area (Å²) >= 11 is 0. The molecule has 0 saturated heterocycles. The molecule has 0 aliphatic carbocycles. The molecule has 0 fully saturated rings. The Morgan fingerprint density at radius 2 is 0.857 bits per heavy atom. The predicted molar refractivity (Wildman–Crippen MR) is 167 cm³/mol. The first-order valence-electron chi connectivity index (χ1n) is 13.7. The molecule has 3 aromatic heterocycles. The highest BCUT2D eigenvalue weighted by atomic mass is 15.0. The Kier molecular flexibility index (Phi) is 5.67. The second-order valence-electron chi connectivity index (χ2n) is 10.1. The van der Waals surface area contributed by atoms with Crippen LogP contribution in [0.2, 0.25) is 0 Å². The molecule has 0 aliphatic heterocycles. The number of aromatic nitrogens is 6. The fourth-order valence-corrected chi connectivity index (χ4v) is 5.28. The van der Waals surface area contributed by atoms with E-state index in [2.05, 4.69) is 81.7 Å². The summed E-state index contributed by atoms with van der Waals surface area (Å²) in [6, 6.07) is 39.2. The molecule has 42 heavy (non-hydrogen) atoms. The molecule has 196 valence electrons. The summed E-state index contributed by atoms with van der Waals surface area (Å²) in [5.74, 6) is 2.24. The number of nitrogens with zero attached hydrogens (tertiary/aromatic N) is 6. The molecule has 0 bridgehead atoms. The van der Waals surface area contributed by atoms with Gasteiger partial charge in [0.1, 0.15) is 5.69 Å². The normalized spacial score (nSPS) is 11.3. The van der Waals surface area contributed by atoms with Gasteiger partial charge in [-0.05, 0) is 45.1 Å². The van der Waals surface area contributed by atoms with E-state index < -0.39 is 0 Å². The molecule has 6 heteroatoms. The monoisotopic (exact) mass is 538 g/mol. The van der Waals surface area contributed by atoms with E-state index in [9.17, 15) is 0 Å². The molecule has 0 spiro atoms. The van der Waals surface area contributed by atoms with E-state index in [0.717, 1.165) is 49.1 Å². The van der Waals surface area contributed by atoms with Crippen molar-refractivity contribution in [2.24, 2.45) is 0 Å². The Bertz CT molecular complexity index is 2160. The van der Waals surface area contributed by atoms with Gasteiger partial charge in [-0.25, -0.2) is 24.9 Å². The molecule has 3 heterocycles. The molecule has 0 atom stereocenters. The zero-order valence-electron chi connectivity index (χ0n) is 22.4. The average Bonchev–Trinajstić information content (AvgIpc) is 3.07. The molecule has 5 aromatic carbocycles. The molecule has 8 rings (SSSR count). The van der Waals surface area contributed by atoms with Gasteiger partial charge in [0.2, 0.25) is 0 Å². The van der Waals surface area contributed by atoms with E-state index in [1.165, 1.54) is 0 Å². The standard InChI is InChI=1S/C36H22N6/c1-3-10-26-19-28(15-13-23(26)7-1)33-40-34(29-16-14-24-8-2-4-11-27(24)20-29)42-35(41-33)30-21-38-36(39-22-30)32-31-12-6-5-9-25(31)17-18-37-32/h1-22H. The maximum absolute atomic E-state index is 4.94. The number of fused-ring (bicyclic) bond motifs is 3. The highest BCUT2D eigenvalue weighted by molar-refractivity contribution is 5.93. The third-order valence-electron chi connectivity index (χ3n) is 7.45. The summed E-state index contributed by atoms with van der Waals surface area (Å²) in [5, 5.41) is 6.67. The Morgan fingerprint density at radius 1 is 0.357 bits per heavy atom. The Hall–Kier alpha value is -5.88. The van der Waals surface area contributed by atoms with Crippen LogP contribution in [0.25, 0.3) is 78.0 Å². The summed E-state index contributed by atoms with van der Waals surface area (Å²) in [5.41, 5.74) is 3.27. The van der Waals surface area contributed by atoms with Crippen molar-refractivity contribution in [1.29, 1.82) is 0 Å². The summed E-state index contributed by atoms with van der Waals surface area (Å²) < 4.78 is 0. The molecule has 0 N–H and O–H groups in total. The van der Waals surface area contributed by atoms with E-state index in [4.69, 9.17) is 15.0 Å². The Morgan fingerprint density at radius 3 is 1.45 bits per heavy atom. The van der Waals surface area contributed by atoms with Crippen molar-refractivity contribution in [3.05, 3.63) is 134 Å². The summed E-state index contributed by atoms with van der Waals surface area (Å²) in [6.45, 7) is 0. The number of hydrogen-bond donors (Lipinski definition) is 0. The van der Waals surface area contributed by atoms with Crippen LogP contribution >= 0.6 is 0 Å². The number of hydrogen-bond acceptors (Lipinski definition) is 6. The maximum Gasteiger partial charge on any atom is 0.178 e. The third kappa shape index (κ3) is 4.32. The molecule has 0 radical (unpaired) electrons. The fraction of sp³-hybridized carbons (Fsp3) is 0. The molecule has 0 saturated carbocycles. The molecule has 0 aliphatic rings. The van der Waals surface area contributed by atoms with Gasteiger partial charge in [0.15, 0.2) is 23.3 Å². The first-order valence-corrected chi connectivity index (χ1v) is 13.7. The van der Waals surface area contributed by atoms with Gasteiger partial charge in [0, 0.05) is 35.1 Å². The van der Waals surface area contributed by atoms with Crippen molar-refractivity contribution >= 4 is 32.3 Å². The van der Waals surface area contributed by atoms with E-state index in [1.54, 1.807) is 18.6 Å². The highest BCUT2D eigenvalue weighted by Gasteiger charge is 2.15. The van der Waals surface area contributed by atoms with E-state index in [0.29, 0.717) is 28.9 Å². The van der Waals surface area contributed by atoms with Crippen molar-refractivity contribution in [2.45, 2.75) is 0 Å². The molecule has 8 aromatic rings. The molecular formula is C36H22N6. The van der Waals surface area contributed by atoms with Crippen LogP contribution in [0, 0.1) is 0 Å². The molecule has 6 nitrogen and oxygen atoms in total. The van der Waals surface area contributed by atoms with E-state index in [-0.39, 0.29) is 0 Å². The van der Waals surface area contributed by atoms with E-state index in [1.807, 2.05) is 48.5 Å². The van der Waals surface area contributed by atoms with Crippen LogP contribution in [-0.2, 0) is 0 Å². The topological polar surface area (TPSA) is 77.3 Å². The SMILES string of the molecule is c1ccc2cc(-c3nc(-c4cnc(-c5nccc6ccccc56)nc4)nc(-c4ccc5ccccc5c4)n3)ccc2c1. The van der Waals surface area contributed by atoms with Crippen molar-refractivity contribution in [3.63, 3.8) is 0 Å². The van der Waals surface area contributed by atoms with Gasteiger partial charge >= 0.3 is 0 Å². The van der Waals surface area contributed by atoms with Crippen LogP contribution < -0.4 is 0 Å². The van der Waals surface area contributed by atoms with Crippen molar-refractivity contribution in [3.8, 4) is 45.7 Å². The summed E-state index contributed by atoms with van der Waals surface area (Å²) in [4.78, 5) is 28.7. The zero-order chi connectivity index (χ0) is 27.9. The minimum atomic E-state index is 0.508. The highest BCUT2D eigenvalue weighted by Crippen LogP contribution is 2.29. The minimum Gasteiger partial charge on any atom is -0.252 e. The second-order valence-corrected chi connectivity index (χ2v) is 10.1. The minimum absolute atomic E-state index is 0.508. The summed E-state index contributed by atoms with van der Waals surface area (Å²) in [7, 11) is 0. The van der Waals surface area contributed by atoms with Gasteiger partial charge < -0.3 is 0 Å². The summed E-state index contributed by atoms with van der Waals surface area (Å²) in [6.07, 6.45) is 5.30. The van der Waals surface area contributed by atoms with Crippen LogP contribution in [0.1, 0.15) is 0 Å². The Balaban J connectivity index is 1.27.